The van der Waals surface area contributed by atoms with Crippen LogP contribution < -0.4 is 5.32 Å². The second kappa shape index (κ2) is 5.65. The van der Waals surface area contributed by atoms with Crippen LogP contribution in [0, 0.1) is 11.3 Å². The summed E-state index contributed by atoms with van der Waals surface area (Å²) in [5, 5.41) is 14.2. The van der Waals surface area contributed by atoms with Crippen LogP contribution >= 0.6 is 34.5 Å². The van der Waals surface area contributed by atoms with Gasteiger partial charge in [0.25, 0.3) is 0 Å². The zero-order valence-corrected chi connectivity index (χ0v) is 12.3. The molecule has 0 aliphatic rings. The topological polar surface area (TPSA) is 61.6 Å². The fourth-order valence-corrected chi connectivity index (χ4v) is 3.29. The van der Waals surface area contributed by atoms with Crippen LogP contribution in [0.3, 0.4) is 0 Å². The molecule has 1 N–H and O–H groups in total. The van der Waals surface area contributed by atoms with Crippen molar-refractivity contribution >= 4 is 39.5 Å². The van der Waals surface area contributed by atoms with Gasteiger partial charge in [0.05, 0.1) is 6.04 Å². The number of halogens is 1. The maximum Gasteiger partial charge on any atom is 0.162 e. The van der Waals surface area contributed by atoms with Crippen LogP contribution in [0.4, 0.5) is 5.00 Å². The van der Waals surface area contributed by atoms with Gasteiger partial charge >= 0.3 is 0 Å². The number of anilines is 1. The number of nitrogens with one attached hydrogen (secondary N) is 1. The van der Waals surface area contributed by atoms with Gasteiger partial charge in [-0.05, 0) is 24.9 Å². The molecule has 2 heterocycles. The highest BCUT2D eigenvalue weighted by Crippen LogP contribution is 2.31. The first-order valence-electron chi connectivity index (χ1n) is 5.42. The van der Waals surface area contributed by atoms with Crippen LogP contribution in [-0.2, 0) is 6.42 Å². The third-order valence-electron chi connectivity index (χ3n) is 2.40. The number of nitriles is 1. The van der Waals surface area contributed by atoms with Crippen LogP contribution in [0.5, 0.6) is 0 Å². The molecule has 0 fully saturated rings. The molecule has 0 aliphatic heterocycles. The van der Waals surface area contributed by atoms with Crippen LogP contribution in [-0.4, -0.2) is 9.36 Å². The highest BCUT2D eigenvalue weighted by molar-refractivity contribution is 7.12. The molecule has 94 valence electrons. The first-order chi connectivity index (χ1) is 8.65. The molecule has 0 saturated heterocycles. The molecule has 2 rings (SSSR count). The monoisotopic (exact) mass is 298 g/mol. The molecular formula is C11H11ClN4S2. The van der Waals surface area contributed by atoms with Crippen LogP contribution in [0.25, 0.3) is 0 Å². The summed E-state index contributed by atoms with van der Waals surface area (Å²) in [5.41, 5.74) is 0.404. The Morgan fingerprint density at radius 3 is 3.00 bits per heavy atom. The SMILES string of the molecule is CCc1cnc(C(C)Nc2snc(Cl)c2C#N)s1. The Morgan fingerprint density at radius 1 is 1.61 bits per heavy atom. The lowest BCUT2D eigenvalue weighted by Crippen LogP contribution is -2.05. The van der Waals surface area contributed by atoms with Gasteiger partial charge in [0.2, 0.25) is 0 Å². The Kier molecular flexibility index (Phi) is 4.17. The summed E-state index contributed by atoms with van der Waals surface area (Å²) in [5.74, 6) is 0. The zero-order valence-electron chi connectivity index (χ0n) is 9.90. The summed E-state index contributed by atoms with van der Waals surface area (Å²) < 4.78 is 3.96. The van der Waals surface area contributed by atoms with Crippen molar-refractivity contribution in [2.45, 2.75) is 26.3 Å². The highest BCUT2D eigenvalue weighted by Gasteiger charge is 2.16. The van der Waals surface area contributed by atoms with Gasteiger partial charge in [0.1, 0.15) is 21.6 Å². The van der Waals surface area contributed by atoms with Crippen LogP contribution in [0.15, 0.2) is 6.20 Å². The summed E-state index contributed by atoms with van der Waals surface area (Å²) >= 11 is 8.70. The summed E-state index contributed by atoms with van der Waals surface area (Å²) in [6, 6.07) is 2.09. The summed E-state index contributed by atoms with van der Waals surface area (Å²) in [6.45, 7) is 4.11. The van der Waals surface area contributed by atoms with Gasteiger partial charge < -0.3 is 5.32 Å². The Hall–Kier alpha value is -1.16. The average molecular weight is 299 g/mol. The normalized spacial score (nSPS) is 12.1. The number of thiazole rings is 1. The van der Waals surface area contributed by atoms with Gasteiger partial charge in [-0.3, -0.25) is 0 Å². The predicted octanol–water partition coefficient (Wildman–Crippen LogP) is 3.86. The quantitative estimate of drug-likeness (QED) is 0.931. The van der Waals surface area contributed by atoms with E-state index in [1.807, 2.05) is 13.1 Å². The minimum Gasteiger partial charge on any atom is -0.366 e. The second-order valence-electron chi connectivity index (χ2n) is 3.67. The Bertz CT molecular complexity index is 584. The largest absolute Gasteiger partial charge is 0.366 e. The van der Waals surface area contributed by atoms with Crippen LogP contribution in [0.2, 0.25) is 5.15 Å². The van der Waals surface area contributed by atoms with E-state index in [0.29, 0.717) is 10.6 Å². The van der Waals surface area contributed by atoms with E-state index in [1.54, 1.807) is 11.3 Å². The molecular weight excluding hydrogens is 288 g/mol. The third-order valence-corrected chi connectivity index (χ3v) is 4.88. The summed E-state index contributed by atoms with van der Waals surface area (Å²) in [6.07, 6.45) is 2.88. The highest BCUT2D eigenvalue weighted by atomic mass is 35.5. The average Bonchev–Trinajstić information content (AvgIpc) is 2.96. The van der Waals surface area contributed by atoms with Crippen molar-refractivity contribution < 1.29 is 0 Å². The van der Waals surface area contributed by atoms with Gasteiger partial charge in [0.15, 0.2) is 5.15 Å². The van der Waals surface area contributed by atoms with Gasteiger partial charge in [-0.15, -0.1) is 11.3 Å². The lowest BCUT2D eigenvalue weighted by molar-refractivity contribution is 0.873. The number of rotatable bonds is 4. The number of hydrogen-bond acceptors (Lipinski definition) is 6. The van der Waals surface area contributed by atoms with E-state index in [1.165, 1.54) is 16.4 Å². The molecule has 2 aromatic rings. The molecule has 1 atom stereocenters. The van der Waals surface area contributed by atoms with Crippen molar-refractivity contribution in [3.63, 3.8) is 0 Å². The second-order valence-corrected chi connectivity index (χ2v) is 5.95. The fraction of sp³-hybridized carbons (Fsp3) is 0.364. The molecule has 0 amide bonds. The number of hydrogen-bond donors (Lipinski definition) is 1. The van der Waals surface area contributed by atoms with Gasteiger partial charge in [-0.2, -0.15) is 9.64 Å². The maximum absolute atomic E-state index is 8.99. The van der Waals surface area contributed by atoms with E-state index in [9.17, 15) is 0 Å². The summed E-state index contributed by atoms with van der Waals surface area (Å²) in [7, 11) is 0. The minimum absolute atomic E-state index is 0.0407. The van der Waals surface area contributed by atoms with E-state index in [2.05, 4.69) is 27.7 Å². The molecule has 1 unspecified atom stereocenters. The third kappa shape index (κ3) is 2.64. The van der Waals surface area contributed by atoms with Crippen molar-refractivity contribution in [3.8, 4) is 6.07 Å². The number of aromatic nitrogens is 2. The minimum atomic E-state index is 0.0407. The van der Waals surface area contributed by atoms with Gasteiger partial charge in [-0.25, -0.2) is 4.98 Å². The number of aryl methyl sites for hydroxylation is 1. The van der Waals surface area contributed by atoms with Crippen molar-refractivity contribution in [1.82, 2.24) is 9.36 Å². The van der Waals surface area contributed by atoms with E-state index in [-0.39, 0.29) is 11.2 Å². The lowest BCUT2D eigenvalue weighted by atomic mass is 10.3. The molecule has 0 spiro atoms. The summed E-state index contributed by atoms with van der Waals surface area (Å²) in [4.78, 5) is 5.62. The van der Waals surface area contributed by atoms with Crippen molar-refractivity contribution in [2.24, 2.45) is 0 Å². The predicted molar refractivity (Wildman–Crippen MR) is 75.4 cm³/mol. The van der Waals surface area contributed by atoms with Gasteiger partial charge in [-0.1, -0.05) is 18.5 Å². The molecule has 2 aromatic heterocycles. The smallest absolute Gasteiger partial charge is 0.162 e. The Balaban J connectivity index is 2.16. The van der Waals surface area contributed by atoms with E-state index >= 15 is 0 Å². The molecule has 0 aliphatic carbocycles. The van der Waals surface area contributed by atoms with E-state index in [0.717, 1.165) is 11.4 Å². The zero-order chi connectivity index (χ0) is 13.1. The van der Waals surface area contributed by atoms with Crippen molar-refractivity contribution in [1.29, 1.82) is 5.26 Å². The number of nitrogens with zero attached hydrogens (tertiary/aromatic N) is 3. The molecule has 0 saturated carbocycles. The molecule has 7 heteroatoms. The lowest BCUT2D eigenvalue weighted by Gasteiger charge is -2.10. The standard InChI is InChI=1S/C11H11ClN4S2/c1-3-7-5-14-10(17-7)6(2)15-11-8(4-13)9(12)16-18-11/h5-6,15H,3H2,1-2H3. The first-order valence-corrected chi connectivity index (χ1v) is 7.38. The molecule has 0 aromatic carbocycles. The molecule has 4 nitrogen and oxygen atoms in total. The molecule has 18 heavy (non-hydrogen) atoms. The van der Waals surface area contributed by atoms with E-state index in [4.69, 9.17) is 16.9 Å². The Morgan fingerprint density at radius 2 is 2.39 bits per heavy atom. The first kappa shape index (κ1) is 13.3. The van der Waals surface area contributed by atoms with Crippen LogP contribution in [0.1, 0.15) is 35.3 Å². The Labute approximate surface area is 118 Å². The van der Waals surface area contributed by atoms with Gasteiger partial charge in [0, 0.05) is 11.1 Å². The fourth-order valence-electron chi connectivity index (χ4n) is 1.41. The van der Waals surface area contributed by atoms with Crippen molar-refractivity contribution in [3.05, 3.63) is 26.8 Å². The molecule has 0 radical (unpaired) electrons. The van der Waals surface area contributed by atoms with Crippen molar-refractivity contribution in [2.75, 3.05) is 5.32 Å². The maximum atomic E-state index is 8.99. The van der Waals surface area contributed by atoms with E-state index < -0.39 is 0 Å². The molecule has 0 bridgehead atoms.